The van der Waals surface area contributed by atoms with E-state index < -0.39 is 11.7 Å². The molecule has 6 nitrogen and oxygen atoms in total. The summed E-state index contributed by atoms with van der Waals surface area (Å²) in [6.07, 6.45) is 1.92. The number of piperidine rings is 1. The lowest BCUT2D eigenvalue weighted by Gasteiger charge is -2.32. The quantitative estimate of drug-likeness (QED) is 0.699. The first-order chi connectivity index (χ1) is 14.1. The number of carbonyl (C=O) groups is 2. The Balaban J connectivity index is 0.00000320. The second kappa shape index (κ2) is 11.5. The summed E-state index contributed by atoms with van der Waals surface area (Å²) in [5.74, 6) is -0.183. The Morgan fingerprint density at radius 1 is 1.10 bits per heavy atom. The van der Waals surface area contributed by atoms with Gasteiger partial charge in [0.2, 0.25) is 0 Å². The van der Waals surface area contributed by atoms with Gasteiger partial charge in [-0.15, -0.1) is 12.4 Å². The summed E-state index contributed by atoms with van der Waals surface area (Å²) >= 11 is 0. The number of hydrogen-bond acceptors (Lipinski definition) is 4. The van der Waals surface area contributed by atoms with E-state index in [1.807, 2.05) is 11.9 Å². The van der Waals surface area contributed by atoms with Gasteiger partial charge in [0.05, 0.1) is 11.3 Å². The smallest absolute Gasteiger partial charge is 0.262 e. The van der Waals surface area contributed by atoms with Crippen LogP contribution in [0.1, 0.15) is 23.2 Å². The average Bonchev–Trinajstić information content (AvgIpc) is 2.74. The fourth-order valence-corrected chi connectivity index (χ4v) is 3.46. The van der Waals surface area contributed by atoms with E-state index in [2.05, 4.69) is 10.6 Å². The minimum Gasteiger partial charge on any atom is -0.483 e. The largest absolute Gasteiger partial charge is 0.483 e. The topological polar surface area (TPSA) is 70.7 Å². The fourth-order valence-electron chi connectivity index (χ4n) is 3.46. The highest BCUT2D eigenvalue weighted by Crippen LogP contribution is 2.24. The molecular weight excluding hydrogens is 409 g/mol. The van der Waals surface area contributed by atoms with Crippen LogP contribution in [0.3, 0.4) is 0 Å². The van der Waals surface area contributed by atoms with E-state index in [0.29, 0.717) is 30.3 Å². The van der Waals surface area contributed by atoms with Crippen molar-refractivity contribution in [1.82, 2.24) is 10.2 Å². The minimum atomic E-state index is -0.516. The number of amides is 2. The number of para-hydroxylation sites is 2. The van der Waals surface area contributed by atoms with E-state index >= 15 is 0 Å². The third-order valence-corrected chi connectivity index (χ3v) is 5.02. The standard InChI is InChI=1S/C22H26FN3O3.ClH/c1-24-14-16-10-12-26(13-11-16)22(28)17-6-2-5-9-20(17)29-15-21(27)25-19-8-4-3-7-18(19)23;/h2-9,16,24H,10-15H2,1H3,(H,25,27);1H. The lowest BCUT2D eigenvalue weighted by Crippen LogP contribution is -2.40. The Morgan fingerprint density at radius 3 is 2.47 bits per heavy atom. The molecule has 1 aliphatic rings. The molecule has 2 amide bonds. The molecular formula is C22H27ClFN3O3. The highest BCUT2D eigenvalue weighted by atomic mass is 35.5. The van der Waals surface area contributed by atoms with Crippen molar-refractivity contribution in [1.29, 1.82) is 0 Å². The van der Waals surface area contributed by atoms with E-state index in [-0.39, 0.29) is 30.6 Å². The number of ether oxygens (including phenoxy) is 1. The van der Waals surface area contributed by atoms with Crippen molar-refractivity contribution in [3.05, 3.63) is 59.9 Å². The van der Waals surface area contributed by atoms with E-state index in [1.54, 1.807) is 36.4 Å². The predicted molar refractivity (Wildman–Crippen MR) is 117 cm³/mol. The molecule has 0 bridgehead atoms. The molecule has 0 saturated carbocycles. The fraction of sp³-hybridized carbons (Fsp3) is 0.364. The summed E-state index contributed by atoms with van der Waals surface area (Å²) in [4.78, 5) is 26.9. The summed E-state index contributed by atoms with van der Waals surface area (Å²) in [5.41, 5.74) is 0.521. The second-order valence-electron chi connectivity index (χ2n) is 7.11. The molecule has 2 N–H and O–H groups in total. The van der Waals surface area contributed by atoms with E-state index in [4.69, 9.17) is 4.74 Å². The van der Waals surface area contributed by atoms with Gasteiger partial charge in [-0.3, -0.25) is 9.59 Å². The molecule has 0 atom stereocenters. The van der Waals surface area contributed by atoms with Gasteiger partial charge >= 0.3 is 0 Å². The van der Waals surface area contributed by atoms with Gasteiger partial charge in [-0.1, -0.05) is 24.3 Å². The van der Waals surface area contributed by atoms with Crippen LogP contribution in [0.2, 0.25) is 0 Å². The van der Waals surface area contributed by atoms with Gasteiger partial charge in [0.25, 0.3) is 11.8 Å². The summed E-state index contributed by atoms with van der Waals surface area (Å²) in [6.45, 7) is 2.04. The van der Waals surface area contributed by atoms with E-state index in [1.165, 1.54) is 12.1 Å². The first-order valence-corrected chi connectivity index (χ1v) is 9.78. The van der Waals surface area contributed by atoms with Crippen molar-refractivity contribution in [3.8, 4) is 5.75 Å². The Morgan fingerprint density at radius 2 is 1.77 bits per heavy atom. The number of rotatable bonds is 7. The lowest BCUT2D eigenvalue weighted by molar-refractivity contribution is -0.118. The molecule has 1 saturated heterocycles. The lowest BCUT2D eigenvalue weighted by atomic mass is 9.96. The number of nitrogens with zero attached hydrogens (tertiary/aromatic N) is 1. The summed E-state index contributed by atoms with van der Waals surface area (Å²) in [7, 11) is 1.94. The zero-order chi connectivity index (χ0) is 20.6. The molecule has 30 heavy (non-hydrogen) atoms. The molecule has 0 aromatic heterocycles. The number of nitrogens with one attached hydrogen (secondary N) is 2. The van der Waals surface area contributed by atoms with Crippen LogP contribution >= 0.6 is 12.4 Å². The highest BCUT2D eigenvalue weighted by Gasteiger charge is 2.25. The van der Waals surface area contributed by atoms with E-state index in [9.17, 15) is 14.0 Å². The van der Waals surface area contributed by atoms with Crippen molar-refractivity contribution >= 4 is 29.9 Å². The molecule has 3 rings (SSSR count). The van der Waals surface area contributed by atoms with Crippen LogP contribution in [0.25, 0.3) is 0 Å². The summed E-state index contributed by atoms with van der Waals surface area (Å²) < 4.78 is 19.2. The maximum Gasteiger partial charge on any atom is 0.262 e. The monoisotopic (exact) mass is 435 g/mol. The summed E-state index contributed by atoms with van der Waals surface area (Å²) in [6, 6.07) is 12.8. The number of anilines is 1. The molecule has 1 aliphatic heterocycles. The molecule has 1 heterocycles. The molecule has 2 aromatic rings. The van der Waals surface area contributed by atoms with Gasteiger partial charge in [-0.2, -0.15) is 0 Å². The molecule has 0 radical (unpaired) electrons. The predicted octanol–water partition coefficient (Wildman–Crippen LogP) is 3.34. The number of hydrogen-bond donors (Lipinski definition) is 2. The van der Waals surface area contributed by atoms with Gasteiger partial charge in [-0.25, -0.2) is 4.39 Å². The van der Waals surface area contributed by atoms with Gasteiger partial charge < -0.3 is 20.3 Å². The summed E-state index contributed by atoms with van der Waals surface area (Å²) in [5, 5.41) is 5.65. The van der Waals surface area contributed by atoms with Crippen LogP contribution in [0.15, 0.2) is 48.5 Å². The third kappa shape index (κ3) is 6.18. The maximum atomic E-state index is 13.7. The van der Waals surface area contributed by atoms with Crippen molar-refractivity contribution in [2.75, 3.05) is 38.6 Å². The first-order valence-electron chi connectivity index (χ1n) is 9.78. The normalized spacial score (nSPS) is 14.0. The molecule has 1 fully saturated rings. The maximum absolute atomic E-state index is 13.7. The molecule has 0 spiro atoms. The van der Waals surface area contributed by atoms with Crippen molar-refractivity contribution in [2.24, 2.45) is 5.92 Å². The van der Waals surface area contributed by atoms with Crippen molar-refractivity contribution < 1.29 is 18.7 Å². The van der Waals surface area contributed by atoms with Gasteiger partial charge in [0.1, 0.15) is 11.6 Å². The number of halogens is 2. The van der Waals surface area contributed by atoms with Gasteiger partial charge in [-0.05, 0) is 56.6 Å². The zero-order valence-corrected chi connectivity index (χ0v) is 17.7. The van der Waals surface area contributed by atoms with E-state index in [0.717, 1.165) is 19.4 Å². The Labute approximate surface area is 182 Å². The molecule has 0 aliphatic carbocycles. The van der Waals surface area contributed by atoms with Crippen LogP contribution < -0.4 is 15.4 Å². The van der Waals surface area contributed by atoms with Crippen molar-refractivity contribution in [3.63, 3.8) is 0 Å². The molecule has 8 heteroatoms. The SMILES string of the molecule is CNCC1CCN(C(=O)c2ccccc2OCC(=O)Nc2ccccc2F)CC1.Cl. The van der Waals surface area contributed by atoms with Gasteiger partial charge in [0.15, 0.2) is 6.61 Å². The van der Waals surface area contributed by atoms with Crippen molar-refractivity contribution in [2.45, 2.75) is 12.8 Å². The third-order valence-electron chi connectivity index (χ3n) is 5.02. The van der Waals surface area contributed by atoms with Crippen LogP contribution in [0.4, 0.5) is 10.1 Å². The number of carbonyl (C=O) groups excluding carboxylic acids is 2. The highest BCUT2D eigenvalue weighted by molar-refractivity contribution is 5.97. The van der Waals surface area contributed by atoms with Crippen LogP contribution in [-0.4, -0.2) is 50.0 Å². The van der Waals surface area contributed by atoms with Gasteiger partial charge in [0, 0.05) is 13.1 Å². The van der Waals surface area contributed by atoms with Crippen LogP contribution in [0, 0.1) is 11.7 Å². The number of likely N-dealkylation sites (tertiary alicyclic amines) is 1. The minimum absolute atomic E-state index is 0. The zero-order valence-electron chi connectivity index (χ0n) is 16.9. The molecule has 162 valence electrons. The second-order valence-corrected chi connectivity index (χ2v) is 7.11. The first kappa shape index (κ1) is 23.6. The van der Waals surface area contributed by atoms with Crippen LogP contribution in [0.5, 0.6) is 5.75 Å². The Hall–Kier alpha value is -2.64. The average molecular weight is 436 g/mol. The Kier molecular flexibility index (Phi) is 9.08. The molecule has 2 aromatic carbocycles. The number of benzene rings is 2. The molecule has 0 unspecified atom stereocenters. The van der Waals surface area contributed by atoms with Crippen LogP contribution in [-0.2, 0) is 4.79 Å². The Bertz CT molecular complexity index is 857.